The number of nitrogens with zero attached hydrogens (tertiary/aromatic N) is 8. The van der Waals surface area contributed by atoms with Crippen LogP contribution < -0.4 is 9.64 Å². The average Bonchev–Trinajstić information content (AvgIpc) is 3.38. The van der Waals surface area contributed by atoms with Gasteiger partial charge in [-0.3, -0.25) is 0 Å². The van der Waals surface area contributed by atoms with Gasteiger partial charge in [0.05, 0.1) is 20.0 Å². The Labute approximate surface area is 158 Å². The monoisotopic (exact) mass is 368 g/mol. The summed E-state index contributed by atoms with van der Waals surface area (Å²) in [6.45, 7) is 5.49. The molecule has 1 saturated heterocycles. The smallest absolute Gasteiger partial charge is 0.228 e. The zero-order valence-corrected chi connectivity index (χ0v) is 15.7. The molecule has 142 valence electrons. The summed E-state index contributed by atoms with van der Waals surface area (Å²) in [6, 6.07) is 1.77. The van der Waals surface area contributed by atoms with Crippen LogP contribution in [0.15, 0.2) is 31.0 Å². The van der Waals surface area contributed by atoms with Crippen molar-refractivity contribution in [2.75, 3.05) is 25.1 Å². The molecule has 1 aliphatic rings. The largest absolute Gasteiger partial charge is 0.481 e. The summed E-state index contributed by atoms with van der Waals surface area (Å²) in [5.74, 6) is 3.78. The van der Waals surface area contributed by atoms with Gasteiger partial charge >= 0.3 is 0 Å². The van der Waals surface area contributed by atoms with Crippen molar-refractivity contribution in [1.29, 1.82) is 0 Å². The summed E-state index contributed by atoms with van der Waals surface area (Å²) in [4.78, 5) is 15.1. The van der Waals surface area contributed by atoms with Gasteiger partial charge in [0, 0.05) is 50.2 Å². The third-order valence-electron chi connectivity index (χ3n) is 5.02. The molecule has 27 heavy (non-hydrogen) atoms. The minimum absolute atomic E-state index is 0.399. The number of hydrogen-bond acceptors (Lipinski definition) is 7. The second-order valence-electron chi connectivity index (χ2n) is 6.61. The van der Waals surface area contributed by atoms with Crippen molar-refractivity contribution < 1.29 is 4.74 Å². The molecule has 9 heteroatoms. The van der Waals surface area contributed by atoms with Crippen LogP contribution in [0.25, 0.3) is 0 Å². The predicted octanol–water partition coefficient (Wildman–Crippen LogP) is 1.73. The molecular weight excluding hydrogens is 344 g/mol. The Balaban J connectivity index is 1.45. The lowest BCUT2D eigenvalue weighted by molar-refractivity contribution is 0.395. The van der Waals surface area contributed by atoms with E-state index in [0.29, 0.717) is 18.3 Å². The van der Waals surface area contributed by atoms with Crippen molar-refractivity contribution in [3.8, 4) is 5.88 Å². The summed E-state index contributed by atoms with van der Waals surface area (Å²) in [5, 5.41) is 8.97. The summed E-state index contributed by atoms with van der Waals surface area (Å²) >= 11 is 0. The van der Waals surface area contributed by atoms with Gasteiger partial charge < -0.3 is 18.8 Å². The van der Waals surface area contributed by atoms with Crippen molar-refractivity contribution in [2.24, 2.45) is 0 Å². The highest BCUT2D eigenvalue weighted by molar-refractivity contribution is 5.33. The number of aromatic nitrogens is 7. The second-order valence-corrected chi connectivity index (χ2v) is 6.61. The van der Waals surface area contributed by atoms with E-state index in [0.717, 1.165) is 50.1 Å². The fourth-order valence-corrected chi connectivity index (χ4v) is 3.59. The van der Waals surface area contributed by atoms with Crippen molar-refractivity contribution in [3.63, 3.8) is 0 Å². The lowest BCUT2D eigenvalue weighted by Gasteiger charge is -2.31. The van der Waals surface area contributed by atoms with E-state index >= 15 is 0 Å². The molecule has 4 heterocycles. The third kappa shape index (κ3) is 3.62. The Morgan fingerprint density at radius 2 is 2.04 bits per heavy atom. The molecule has 1 fully saturated rings. The van der Waals surface area contributed by atoms with E-state index in [1.165, 1.54) is 0 Å². The first-order valence-corrected chi connectivity index (χ1v) is 9.28. The van der Waals surface area contributed by atoms with Gasteiger partial charge in [-0.15, -0.1) is 10.2 Å². The van der Waals surface area contributed by atoms with Crippen LogP contribution in [0.5, 0.6) is 5.88 Å². The lowest BCUT2D eigenvalue weighted by Crippen LogP contribution is -2.35. The van der Waals surface area contributed by atoms with E-state index in [9.17, 15) is 0 Å². The number of imidazole rings is 1. The maximum atomic E-state index is 5.21. The standard InChI is InChI=1S/C18H24N8O/c1-3-26-15(12-24-11-8-19-13-24)22-23-17(26)14-5-9-25(10-6-14)18-20-7-4-16(21-18)27-2/h4,7-8,11,13-14H,3,5-6,9-10,12H2,1-2H3. The molecular formula is C18H24N8O. The van der Waals surface area contributed by atoms with Crippen LogP contribution in [0.1, 0.15) is 37.3 Å². The molecule has 3 aromatic rings. The van der Waals surface area contributed by atoms with Gasteiger partial charge in [0.25, 0.3) is 0 Å². The lowest BCUT2D eigenvalue weighted by atomic mass is 9.96. The van der Waals surface area contributed by atoms with Gasteiger partial charge in [-0.1, -0.05) is 0 Å². The maximum absolute atomic E-state index is 5.21. The Morgan fingerprint density at radius 3 is 2.74 bits per heavy atom. The number of anilines is 1. The summed E-state index contributed by atoms with van der Waals surface area (Å²) < 4.78 is 9.46. The molecule has 0 spiro atoms. The maximum Gasteiger partial charge on any atom is 0.228 e. The minimum atomic E-state index is 0.399. The molecule has 0 bridgehead atoms. The molecule has 0 amide bonds. The first kappa shape index (κ1) is 17.4. The number of hydrogen-bond donors (Lipinski definition) is 0. The van der Waals surface area contributed by atoms with Crippen LogP contribution in [-0.4, -0.2) is 54.5 Å². The van der Waals surface area contributed by atoms with E-state index in [4.69, 9.17) is 4.74 Å². The van der Waals surface area contributed by atoms with Crippen LogP contribution in [0.2, 0.25) is 0 Å². The van der Waals surface area contributed by atoms with Gasteiger partial charge in [-0.05, 0) is 19.8 Å². The molecule has 3 aromatic heterocycles. The second kappa shape index (κ2) is 7.73. The number of piperidine rings is 1. The molecule has 9 nitrogen and oxygen atoms in total. The van der Waals surface area contributed by atoms with E-state index in [-0.39, 0.29) is 0 Å². The first-order chi connectivity index (χ1) is 13.3. The first-order valence-electron chi connectivity index (χ1n) is 9.28. The average molecular weight is 368 g/mol. The Bertz CT molecular complexity index is 867. The SMILES string of the molecule is CCn1c(Cn2ccnc2)nnc1C1CCN(c2nccc(OC)n2)CC1. The Kier molecular flexibility index (Phi) is 4.99. The fraction of sp³-hybridized carbons (Fsp3) is 0.500. The van der Waals surface area contributed by atoms with Crippen molar-refractivity contribution in [2.45, 2.75) is 38.8 Å². The molecule has 0 saturated carbocycles. The quantitative estimate of drug-likeness (QED) is 0.655. The van der Waals surface area contributed by atoms with Crippen LogP contribution in [-0.2, 0) is 13.1 Å². The summed E-state index contributed by atoms with van der Waals surface area (Å²) in [6.07, 6.45) is 9.28. The Hall–Kier alpha value is -2.97. The highest BCUT2D eigenvalue weighted by Crippen LogP contribution is 2.29. The van der Waals surface area contributed by atoms with Crippen LogP contribution in [0.3, 0.4) is 0 Å². The molecule has 0 aliphatic carbocycles. The molecule has 0 aromatic carbocycles. The van der Waals surface area contributed by atoms with Crippen LogP contribution in [0.4, 0.5) is 5.95 Å². The van der Waals surface area contributed by atoms with Crippen LogP contribution in [0, 0.1) is 0 Å². The van der Waals surface area contributed by atoms with E-state index in [1.54, 1.807) is 31.9 Å². The summed E-state index contributed by atoms with van der Waals surface area (Å²) in [5.41, 5.74) is 0. The third-order valence-corrected chi connectivity index (χ3v) is 5.02. The molecule has 0 unspecified atom stereocenters. The summed E-state index contributed by atoms with van der Waals surface area (Å²) in [7, 11) is 1.62. The highest BCUT2D eigenvalue weighted by atomic mass is 16.5. The van der Waals surface area contributed by atoms with Gasteiger partial charge in [-0.25, -0.2) is 9.97 Å². The minimum Gasteiger partial charge on any atom is -0.481 e. The molecule has 4 rings (SSSR count). The predicted molar refractivity (Wildman–Crippen MR) is 99.8 cm³/mol. The molecule has 0 N–H and O–H groups in total. The van der Waals surface area contributed by atoms with Crippen molar-refractivity contribution in [3.05, 3.63) is 42.6 Å². The van der Waals surface area contributed by atoms with E-state index in [1.807, 2.05) is 10.8 Å². The van der Waals surface area contributed by atoms with Gasteiger partial charge in [0.15, 0.2) is 5.82 Å². The van der Waals surface area contributed by atoms with Gasteiger partial charge in [0.2, 0.25) is 11.8 Å². The van der Waals surface area contributed by atoms with E-state index in [2.05, 4.69) is 41.5 Å². The van der Waals surface area contributed by atoms with Crippen molar-refractivity contribution in [1.82, 2.24) is 34.3 Å². The topological polar surface area (TPSA) is 86.8 Å². The number of rotatable bonds is 6. The van der Waals surface area contributed by atoms with E-state index < -0.39 is 0 Å². The van der Waals surface area contributed by atoms with Gasteiger partial charge in [-0.2, -0.15) is 4.98 Å². The highest BCUT2D eigenvalue weighted by Gasteiger charge is 2.27. The Morgan fingerprint density at radius 1 is 1.19 bits per heavy atom. The number of methoxy groups -OCH3 is 1. The molecule has 1 aliphatic heterocycles. The van der Waals surface area contributed by atoms with Crippen molar-refractivity contribution >= 4 is 5.95 Å². The fourth-order valence-electron chi connectivity index (χ4n) is 3.59. The molecule has 0 atom stereocenters. The molecule has 0 radical (unpaired) electrons. The van der Waals surface area contributed by atoms with Gasteiger partial charge in [0.1, 0.15) is 5.82 Å². The van der Waals surface area contributed by atoms with Crippen LogP contribution >= 0.6 is 0 Å². The zero-order valence-electron chi connectivity index (χ0n) is 15.7. The zero-order chi connectivity index (χ0) is 18.6. The number of ether oxygens (including phenoxy) is 1. The normalized spacial score (nSPS) is 15.3.